The fourth-order valence-electron chi connectivity index (χ4n) is 2.61. The van der Waals surface area contributed by atoms with Crippen molar-refractivity contribution in [2.45, 2.75) is 49.5 Å². The summed E-state index contributed by atoms with van der Waals surface area (Å²) < 4.78 is 30.7. The molecule has 1 aliphatic carbocycles. The van der Waals surface area contributed by atoms with E-state index in [4.69, 9.17) is 9.57 Å². The number of hydrogen-bond acceptors (Lipinski definition) is 5. The summed E-state index contributed by atoms with van der Waals surface area (Å²) >= 11 is 0. The molecule has 7 heteroatoms. The zero-order chi connectivity index (χ0) is 16.9. The minimum Gasteiger partial charge on any atom is -0.459 e. The molecule has 0 bridgehead atoms. The van der Waals surface area contributed by atoms with Crippen molar-refractivity contribution in [3.63, 3.8) is 0 Å². The van der Waals surface area contributed by atoms with E-state index in [2.05, 4.69) is 0 Å². The van der Waals surface area contributed by atoms with Crippen LogP contribution >= 0.6 is 0 Å². The van der Waals surface area contributed by atoms with Gasteiger partial charge in [-0.1, -0.05) is 23.4 Å². The molecule has 0 radical (unpaired) electrons. The molecule has 0 atom stereocenters. The second kappa shape index (κ2) is 7.90. The van der Waals surface area contributed by atoms with Crippen LogP contribution in [0, 0.1) is 0 Å². The van der Waals surface area contributed by atoms with Crippen molar-refractivity contribution in [2.24, 2.45) is 0 Å². The van der Waals surface area contributed by atoms with Crippen LogP contribution in [0.25, 0.3) is 0 Å². The van der Waals surface area contributed by atoms with Crippen LogP contribution in [0.2, 0.25) is 0 Å². The molecule has 0 heterocycles. The number of carbonyl (C=O) groups is 1. The molecular formula is C16H23NO5S. The van der Waals surface area contributed by atoms with Crippen LogP contribution in [-0.2, 0) is 19.6 Å². The molecule has 0 amide bonds. The maximum Gasteiger partial charge on any atom is 0.338 e. The fraction of sp³-hybridized carbons (Fsp3) is 0.562. The lowest BCUT2D eigenvalue weighted by Gasteiger charge is -2.17. The standard InChI is InChI=1S/C16H23NO5S/c1-17(21-2)23(19,20)15-11-7-8-13(12-15)16(18)22-14-9-5-3-4-6-10-14/h7-8,11-12,14H,3-6,9-10H2,1-2H3. The minimum absolute atomic E-state index is 0.00262. The highest BCUT2D eigenvalue weighted by Crippen LogP contribution is 2.22. The molecule has 1 aliphatic rings. The van der Waals surface area contributed by atoms with Gasteiger partial charge in [0.25, 0.3) is 10.0 Å². The van der Waals surface area contributed by atoms with Crippen LogP contribution in [0.5, 0.6) is 0 Å². The Morgan fingerprint density at radius 2 is 1.83 bits per heavy atom. The highest BCUT2D eigenvalue weighted by atomic mass is 32.2. The Hall–Kier alpha value is -1.44. The Bertz CT molecular complexity index is 636. The van der Waals surface area contributed by atoms with Gasteiger partial charge in [0, 0.05) is 7.05 Å². The summed E-state index contributed by atoms with van der Waals surface area (Å²) in [5, 5.41) is 0. The molecule has 23 heavy (non-hydrogen) atoms. The van der Waals surface area contributed by atoms with Crippen LogP contribution in [0.1, 0.15) is 48.9 Å². The topological polar surface area (TPSA) is 72.9 Å². The van der Waals surface area contributed by atoms with E-state index < -0.39 is 16.0 Å². The number of carbonyl (C=O) groups excluding carboxylic acids is 1. The van der Waals surface area contributed by atoms with Gasteiger partial charge in [-0.05, 0) is 43.9 Å². The summed E-state index contributed by atoms with van der Waals surface area (Å²) in [6.07, 6.45) is 6.13. The molecule has 1 fully saturated rings. The quantitative estimate of drug-likeness (QED) is 0.468. The van der Waals surface area contributed by atoms with Gasteiger partial charge in [-0.25, -0.2) is 13.2 Å². The average molecular weight is 341 g/mol. The highest BCUT2D eigenvalue weighted by Gasteiger charge is 2.23. The van der Waals surface area contributed by atoms with Gasteiger partial charge >= 0.3 is 5.97 Å². The number of hydroxylamine groups is 1. The fourth-order valence-corrected chi connectivity index (χ4v) is 3.63. The van der Waals surface area contributed by atoms with Gasteiger partial charge in [0.1, 0.15) is 6.10 Å². The number of hydrogen-bond donors (Lipinski definition) is 0. The van der Waals surface area contributed by atoms with E-state index in [9.17, 15) is 13.2 Å². The smallest absolute Gasteiger partial charge is 0.338 e. The summed E-state index contributed by atoms with van der Waals surface area (Å²) in [5.74, 6) is -0.478. The first-order chi connectivity index (χ1) is 10.9. The first kappa shape index (κ1) is 17.9. The lowest BCUT2D eigenvalue weighted by molar-refractivity contribution is -0.0258. The van der Waals surface area contributed by atoms with Crippen molar-refractivity contribution < 1.29 is 22.8 Å². The van der Waals surface area contributed by atoms with Gasteiger partial charge in [0.2, 0.25) is 0 Å². The zero-order valence-corrected chi connectivity index (χ0v) is 14.3. The number of benzene rings is 1. The predicted molar refractivity (Wildman–Crippen MR) is 85.3 cm³/mol. The molecule has 1 aromatic rings. The van der Waals surface area contributed by atoms with E-state index in [1.807, 2.05) is 0 Å². The summed E-state index contributed by atoms with van der Waals surface area (Å²) in [4.78, 5) is 17.0. The Labute approximate surface area is 137 Å². The SMILES string of the molecule is CON(C)S(=O)(=O)c1cccc(C(=O)OC2CCCCCC2)c1. The molecule has 0 N–H and O–H groups in total. The van der Waals surface area contributed by atoms with Gasteiger partial charge in [0.15, 0.2) is 0 Å². The van der Waals surface area contributed by atoms with E-state index in [-0.39, 0.29) is 16.6 Å². The molecule has 128 valence electrons. The lowest BCUT2D eigenvalue weighted by Crippen LogP contribution is -2.26. The van der Waals surface area contributed by atoms with Crippen molar-refractivity contribution in [1.29, 1.82) is 0 Å². The molecule has 1 aromatic carbocycles. The van der Waals surface area contributed by atoms with E-state index in [1.165, 1.54) is 45.2 Å². The summed E-state index contributed by atoms with van der Waals surface area (Å²) in [6.45, 7) is 0. The third kappa shape index (κ3) is 4.53. The normalized spacial score (nSPS) is 17.0. The van der Waals surface area contributed by atoms with E-state index >= 15 is 0 Å². The number of ether oxygens (including phenoxy) is 1. The molecule has 0 aromatic heterocycles. The van der Waals surface area contributed by atoms with Crippen molar-refractivity contribution in [1.82, 2.24) is 4.47 Å². The third-order valence-corrected chi connectivity index (χ3v) is 5.71. The average Bonchev–Trinajstić information content (AvgIpc) is 2.82. The van der Waals surface area contributed by atoms with Crippen LogP contribution in [0.15, 0.2) is 29.2 Å². The van der Waals surface area contributed by atoms with Gasteiger partial charge in [-0.15, -0.1) is 0 Å². The molecule has 6 nitrogen and oxygen atoms in total. The number of rotatable bonds is 5. The van der Waals surface area contributed by atoms with Crippen LogP contribution in [-0.4, -0.2) is 39.1 Å². The summed E-state index contributed by atoms with van der Waals surface area (Å²) in [5.41, 5.74) is 0.236. The predicted octanol–water partition coefficient (Wildman–Crippen LogP) is 2.75. The second-order valence-electron chi connectivity index (χ2n) is 5.64. The Morgan fingerprint density at radius 1 is 1.17 bits per heavy atom. The molecule has 2 rings (SSSR count). The largest absolute Gasteiger partial charge is 0.459 e. The molecule has 0 spiro atoms. The van der Waals surface area contributed by atoms with Crippen molar-refractivity contribution >= 4 is 16.0 Å². The van der Waals surface area contributed by atoms with Crippen molar-refractivity contribution in [3.05, 3.63) is 29.8 Å². The molecule has 0 unspecified atom stereocenters. The molecule has 1 saturated carbocycles. The first-order valence-corrected chi connectivity index (χ1v) is 9.23. The van der Waals surface area contributed by atoms with E-state index in [0.29, 0.717) is 0 Å². The maximum absolute atomic E-state index is 12.3. The zero-order valence-electron chi connectivity index (χ0n) is 13.5. The monoisotopic (exact) mass is 341 g/mol. The van der Waals surface area contributed by atoms with Crippen molar-refractivity contribution in [3.8, 4) is 0 Å². The second-order valence-corrected chi connectivity index (χ2v) is 7.58. The maximum atomic E-state index is 12.3. The van der Waals surface area contributed by atoms with Crippen molar-refractivity contribution in [2.75, 3.05) is 14.2 Å². The molecule has 0 aliphatic heterocycles. The van der Waals surface area contributed by atoms with E-state index in [0.717, 1.165) is 30.2 Å². The van der Waals surface area contributed by atoms with Crippen LogP contribution in [0.4, 0.5) is 0 Å². The Balaban J connectivity index is 2.14. The number of esters is 1. The Kier molecular flexibility index (Phi) is 6.15. The third-order valence-electron chi connectivity index (χ3n) is 4.04. The van der Waals surface area contributed by atoms with Gasteiger partial charge in [-0.3, -0.25) is 4.84 Å². The van der Waals surface area contributed by atoms with Gasteiger partial charge < -0.3 is 4.74 Å². The number of nitrogens with zero attached hydrogens (tertiary/aromatic N) is 1. The lowest BCUT2D eigenvalue weighted by atomic mass is 10.1. The van der Waals surface area contributed by atoms with Gasteiger partial charge in [-0.2, -0.15) is 0 Å². The van der Waals surface area contributed by atoms with Gasteiger partial charge in [0.05, 0.1) is 17.6 Å². The number of sulfonamides is 1. The highest BCUT2D eigenvalue weighted by molar-refractivity contribution is 7.89. The molecule has 0 saturated heterocycles. The summed E-state index contributed by atoms with van der Waals surface area (Å²) in [6, 6.07) is 5.84. The van der Waals surface area contributed by atoms with E-state index in [1.54, 1.807) is 6.07 Å². The Morgan fingerprint density at radius 3 is 2.43 bits per heavy atom. The molecular weight excluding hydrogens is 318 g/mol. The minimum atomic E-state index is -3.78. The van der Waals surface area contributed by atoms with Crippen LogP contribution in [0.3, 0.4) is 0 Å². The summed E-state index contributed by atoms with van der Waals surface area (Å²) in [7, 11) is -1.22. The van der Waals surface area contributed by atoms with Crippen LogP contribution < -0.4 is 0 Å². The first-order valence-electron chi connectivity index (χ1n) is 7.79.